The van der Waals surface area contributed by atoms with E-state index in [-0.39, 0.29) is 0 Å². The fraction of sp³-hybridized carbons (Fsp3) is 0.400. The van der Waals surface area contributed by atoms with E-state index in [1.807, 2.05) is 19.1 Å². The Hall–Kier alpha value is -1.44. The minimum Gasteiger partial charge on any atom is -0.350 e. The van der Waals surface area contributed by atoms with Gasteiger partial charge in [0.2, 0.25) is 0 Å². The van der Waals surface area contributed by atoms with E-state index in [0.29, 0.717) is 0 Å². The van der Waals surface area contributed by atoms with Crippen molar-refractivity contribution in [3.05, 3.63) is 30.3 Å². The molecule has 0 fully saturated rings. The summed E-state index contributed by atoms with van der Waals surface area (Å²) in [5.41, 5.74) is 0.669. The summed E-state index contributed by atoms with van der Waals surface area (Å²) >= 11 is 1.69. The van der Waals surface area contributed by atoms with E-state index in [9.17, 15) is 5.26 Å². The zero-order valence-electron chi connectivity index (χ0n) is 11.4. The first-order valence-electron chi connectivity index (χ1n) is 6.54. The van der Waals surface area contributed by atoms with E-state index >= 15 is 0 Å². The van der Waals surface area contributed by atoms with Crippen LogP contribution in [-0.4, -0.2) is 22.8 Å². The molecule has 1 aromatic heterocycles. The van der Waals surface area contributed by atoms with E-state index in [1.54, 1.807) is 11.8 Å². The Bertz CT molecular complexity index is 551. The van der Waals surface area contributed by atoms with Gasteiger partial charge in [0.25, 0.3) is 0 Å². The van der Waals surface area contributed by atoms with E-state index in [1.165, 1.54) is 5.39 Å². The molecular weight excluding hydrogens is 254 g/mol. The number of hydrogen-bond donors (Lipinski definition) is 2. The molecular formula is C15H19N3S. The van der Waals surface area contributed by atoms with Crippen LogP contribution in [0.4, 0.5) is 0 Å². The van der Waals surface area contributed by atoms with Gasteiger partial charge in [-0.3, -0.25) is 5.32 Å². The summed E-state index contributed by atoms with van der Waals surface area (Å²) in [5.74, 6) is 0.732. The van der Waals surface area contributed by atoms with Crippen LogP contribution in [0.1, 0.15) is 20.3 Å². The number of hydrogen-bond acceptors (Lipinski definition) is 3. The van der Waals surface area contributed by atoms with Gasteiger partial charge in [0.1, 0.15) is 5.54 Å². The van der Waals surface area contributed by atoms with Gasteiger partial charge in [0.15, 0.2) is 0 Å². The molecule has 4 heteroatoms. The van der Waals surface area contributed by atoms with Crippen LogP contribution in [0.5, 0.6) is 0 Å². The molecule has 19 heavy (non-hydrogen) atoms. The van der Waals surface area contributed by atoms with Crippen LogP contribution < -0.4 is 5.32 Å². The van der Waals surface area contributed by atoms with Gasteiger partial charge >= 0.3 is 0 Å². The maximum absolute atomic E-state index is 9.29. The third-order valence-corrected chi connectivity index (χ3v) is 4.29. The van der Waals surface area contributed by atoms with E-state index in [4.69, 9.17) is 0 Å². The highest BCUT2D eigenvalue weighted by atomic mass is 32.2. The maximum atomic E-state index is 9.29. The van der Waals surface area contributed by atoms with Crippen molar-refractivity contribution in [1.82, 2.24) is 10.3 Å². The molecule has 1 heterocycles. The lowest BCUT2D eigenvalue weighted by atomic mass is 10.1. The van der Waals surface area contributed by atoms with Gasteiger partial charge in [-0.15, -0.1) is 11.8 Å². The van der Waals surface area contributed by atoms with Crippen molar-refractivity contribution in [2.45, 2.75) is 30.8 Å². The molecule has 1 unspecified atom stereocenters. The Morgan fingerprint density at radius 3 is 2.89 bits per heavy atom. The molecule has 0 aliphatic carbocycles. The fourth-order valence-electron chi connectivity index (χ4n) is 1.87. The minimum absolute atomic E-state index is 0.474. The normalized spacial score (nSPS) is 14.2. The summed E-state index contributed by atoms with van der Waals surface area (Å²) in [6, 6.07) is 12.7. The number of fused-ring (bicyclic) bond motifs is 1. The predicted molar refractivity (Wildman–Crippen MR) is 81.3 cm³/mol. The van der Waals surface area contributed by atoms with Gasteiger partial charge < -0.3 is 4.98 Å². The maximum Gasteiger partial charge on any atom is 0.113 e. The number of nitriles is 1. The van der Waals surface area contributed by atoms with E-state index in [0.717, 1.165) is 29.3 Å². The summed E-state index contributed by atoms with van der Waals surface area (Å²) in [6.45, 7) is 4.94. The molecule has 1 aromatic carbocycles. The molecule has 2 N–H and O–H groups in total. The van der Waals surface area contributed by atoms with Crippen LogP contribution in [0.15, 0.2) is 35.4 Å². The van der Waals surface area contributed by atoms with Crippen LogP contribution in [0.3, 0.4) is 0 Å². The molecule has 3 nitrogen and oxygen atoms in total. The molecule has 0 bridgehead atoms. The second-order valence-corrected chi connectivity index (χ2v) is 5.90. The number of H-pyrrole nitrogens is 1. The molecule has 0 aliphatic rings. The van der Waals surface area contributed by atoms with Crippen molar-refractivity contribution in [2.75, 3.05) is 12.3 Å². The van der Waals surface area contributed by atoms with Crippen molar-refractivity contribution >= 4 is 22.7 Å². The van der Waals surface area contributed by atoms with Crippen molar-refractivity contribution in [3.63, 3.8) is 0 Å². The molecule has 0 radical (unpaired) electrons. The molecule has 1 atom stereocenters. The Labute approximate surface area is 118 Å². The van der Waals surface area contributed by atoms with Crippen LogP contribution in [0.25, 0.3) is 10.9 Å². The number of nitrogens with one attached hydrogen (secondary N) is 2. The SMILES string of the molecule is CCCNC(C)(C#N)CSc1cc2ccccc2[nH]1. The zero-order valence-corrected chi connectivity index (χ0v) is 12.2. The van der Waals surface area contributed by atoms with E-state index in [2.05, 4.69) is 41.5 Å². The number of para-hydroxylation sites is 1. The number of thioether (sulfide) groups is 1. The fourth-order valence-corrected chi connectivity index (χ4v) is 2.87. The third-order valence-electron chi connectivity index (χ3n) is 3.03. The lowest BCUT2D eigenvalue weighted by Crippen LogP contribution is -2.43. The lowest BCUT2D eigenvalue weighted by Gasteiger charge is -2.22. The standard InChI is InChI=1S/C15H19N3S/c1-3-8-17-15(2,10-16)11-19-14-9-12-6-4-5-7-13(12)18-14/h4-7,9,17-18H,3,8,11H2,1-2H3. The summed E-state index contributed by atoms with van der Waals surface area (Å²) in [4.78, 5) is 3.37. The lowest BCUT2D eigenvalue weighted by molar-refractivity contribution is 0.493. The van der Waals surface area contributed by atoms with Gasteiger partial charge in [-0.2, -0.15) is 5.26 Å². The van der Waals surface area contributed by atoms with Crippen LogP contribution in [0, 0.1) is 11.3 Å². The Kier molecular flexibility index (Phi) is 4.52. The molecule has 0 saturated carbocycles. The molecule has 0 saturated heterocycles. The van der Waals surface area contributed by atoms with Crippen molar-refractivity contribution in [3.8, 4) is 6.07 Å². The van der Waals surface area contributed by atoms with E-state index < -0.39 is 5.54 Å². The predicted octanol–water partition coefficient (Wildman–Crippen LogP) is 3.54. The molecule has 0 aliphatic heterocycles. The number of aromatic amines is 1. The number of benzene rings is 1. The number of rotatable bonds is 6. The van der Waals surface area contributed by atoms with Gasteiger partial charge in [-0.05, 0) is 32.0 Å². The topological polar surface area (TPSA) is 51.6 Å². The summed E-state index contributed by atoms with van der Waals surface area (Å²) in [7, 11) is 0. The van der Waals surface area contributed by atoms with Gasteiger partial charge in [0.05, 0.1) is 11.1 Å². The van der Waals surface area contributed by atoms with Gasteiger partial charge in [0, 0.05) is 16.7 Å². The first kappa shape index (κ1) is 14.0. The largest absolute Gasteiger partial charge is 0.350 e. The van der Waals surface area contributed by atoms with Crippen molar-refractivity contribution < 1.29 is 0 Å². The second kappa shape index (κ2) is 6.14. The van der Waals surface area contributed by atoms with Crippen molar-refractivity contribution in [1.29, 1.82) is 5.26 Å². The average molecular weight is 273 g/mol. The molecule has 0 spiro atoms. The molecule has 2 rings (SSSR count). The first-order chi connectivity index (χ1) is 9.17. The highest BCUT2D eigenvalue weighted by molar-refractivity contribution is 7.99. The smallest absolute Gasteiger partial charge is 0.113 e. The van der Waals surface area contributed by atoms with Gasteiger partial charge in [-0.25, -0.2) is 0 Å². The average Bonchev–Trinajstić information content (AvgIpc) is 2.86. The zero-order chi connectivity index (χ0) is 13.7. The van der Waals surface area contributed by atoms with Crippen molar-refractivity contribution in [2.24, 2.45) is 0 Å². The monoisotopic (exact) mass is 273 g/mol. The molecule has 0 amide bonds. The third kappa shape index (κ3) is 3.52. The Morgan fingerprint density at radius 2 is 2.21 bits per heavy atom. The molecule has 2 aromatic rings. The molecule has 100 valence electrons. The quantitative estimate of drug-likeness (QED) is 0.791. The summed E-state index contributed by atoms with van der Waals surface area (Å²) in [5, 5.41) is 14.9. The Morgan fingerprint density at radius 1 is 1.42 bits per heavy atom. The minimum atomic E-state index is -0.474. The van der Waals surface area contributed by atoms with Crippen LogP contribution in [-0.2, 0) is 0 Å². The second-order valence-electron chi connectivity index (χ2n) is 4.88. The summed E-state index contributed by atoms with van der Waals surface area (Å²) < 4.78 is 0. The first-order valence-corrected chi connectivity index (χ1v) is 7.52. The number of aromatic nitrogens is 1. The van der Waals surface area contributed by atoms with Gasteiger partial charge in [-0.1, -0.05) is 25.1 Å². The Balaban J connectivity index is 2.03. The summed E-state index contributed by atoms with van der Waals surface area (Å²) in [6.07, 6.45) is 1.04. The van der Waals surface area contributed by atoms with Crippen LogP contribution >= 0.6 is 11.8 Å². The highest BCUT2D eigenvalue weighted by Crippen LogP contribution is 2.25. The number of nitrogens with zero attached hydrogens (tertiary/aromatic N) is 1. The van der Waals surface area contributed by atoms with Crippen LogP contribution in [0.2, 0.25) is 0 Å². The highest BCUT2D eigenvalue weighted by Gasteiger charge is 2.23.